The van der Waals surface area contributed by atoms with Crippen LogP contribution in [0.4, 0.5) is 0 Å². The molecule has 0 spiro atoms. The molecule has 0 bridgehead atoms. The summed E-state index contributed by atoms with van der Waals surface area (Å²) in [7, 11) is 0. The van der Waals surface area contributed by atoms with Crippen molar-refractivity contribution in [3.8, 4) is 5.75 Å². The van der Waals surface area contributed by atoms with E-state index in [1.807, 2.05) is 35.9 Å². The number of hydrogen-bond donors (Lipinski definition) is 1. The third-order valence-electron chi connectivity index (χ3n) is 2.91. The number of hydrogen-bond acceptors (Lipinski definition) is 3. The van der Waals surface area contributed by atoms with E-state index in [0.29, 0.717) is 13.2 Å². The largest absolute Gasteiger partial charge is 0.487 e. The van der Waals surface area contributed by atoms with Crippen LogP contribution in [-0.4, -0.2) is 9.78 Å². The topological polar surface area (TPSA) is 53.1 Å². The van der Waals surface area contributed by atoms with Gasteiger partial charge in [0.1, 0.15) is 12.4 Å². The zero-order chi connectivity index (χ0) is 13.8. The number of halogens is 1. The minimum atomic E-state index is 0.490. The van der Waals surface area contributed by atoms with E-state index in [2.05, 4.69) is 28.0 Å². The summed E-state index contributed by atoms with van der Waals surface area (Å²) in [6, 6.07) is 7.90. The monoisotopic (exact) mass is 323 g/mol. The lowest BCUT2D eigenvalue weighted by atomic mass is 10.2. The van der Waals surface area contributed by atoms with Crippen molar-refractivity contribution in [1.82, 2.24) is 9.78 Å². The van der Waals surface area contributed by atoms with Gasteiger partial charge in [-0.25, -0.2) is 0 Å². The number of benzene rings is 1. The Hall–Kier alpha value is -1.33. The maximum Gasteiger partial charge on any atom is 0.130 e. The molecule has 0 amide bonds. The van der Waals surface area contributed by atoms with E-state index in [4.69, 9.17) is 10.5 Å². The molecule has 1 aromatic carbocycles. The lowest BCUT2D eigenvalue weighted by Crippen LogP contribution is -2.06. The highest BCUT2D eigenvalue weighted by Gasteiger charge is 2.06. The Morgan fingerprint density at radius 2 is 2.16 bits per heavy atom. The number of nitrogens with zero attached hydrogens (tertiary/aromatic N) is 2. The van der Waals surface area contributed by atoms with Crippen LogP contribution in [0.15, 0.2) is 28.7 Å². The van der Waals surface area contributed by atoms with Crippen molar-refractivity contribution in [3.05, 3.63) is 45.7 Å². The minimum Gasteiger partial charge on any atom is -0.487 e. The lowest BCUT2D eigenvalue weighted by molar-refractivity contribution is 0.292. The number of nitrogens with two attached hydrogens (primary N) is 1. The average molecular weight is 324 g/mol. The number of aryl methyl sites for hydroxylation is 2. The normalized spacial score (nSPS) is 10.7. The third-order valence-corrected chi connectivity index (χ3v) is 3.68. The first-order chi connectivity index (χ1) is 9.13. The highest BCUT2D eigenvalue weighted by Crippen LogP contribution is 2.23. The van der Waals surface area contributed by atoms with Crippen LogP contribution in [-0.2, 0) is 19.7 Å². The highest BCUT2D eigenvalue weighted by molar-refractivity contribution is 9.10. The summed E-state index contributed by atoms with van der Waals surface area (Å²) in [4.78, 5) is 0. The van der Waals surface area contributed by atoms with Gasteiger partial charge in [0.2, 0.25) is 0 Å². The van der Waals surface area contributed by atoms with Crippen LogP contribution >= 0.6 is 15.9 Å². The predicted molar refractivity (Wildman–Crippen MR) is 79.0 cm³/mol. The number of ether oxygens (including phenoxy) is 1. The van der Waals surface area contributed by atoms with E-state index < -0.39 is 0 Å². The van der Waals surface area contributed by atoms with E-state index in [-0.39, 0.29) is 0 Å². The second kappa shape index (κ2) is 6.21. The summed E-state index contributed by atoms with van der Waals surface area (Å²) >= 11 is 3.46. The standard InChI is InChI=1S/C14H18BrN3O/c1-3-18-12(6-10(2)17-18)9-19-13-4-5-14(15)11(7-13)8-16/h4-7H,3,8-9,16H2,1-2H3. The highest BCUT2D eigenvalue weighted by atomic mass is 79.9. The molecule has 0 aliphatic rings. The summed E-state index contributed by atoms with van der Waals surface area (Å²) in [5.41, 5.74) is 8.81. The van der Waals surface area contributed by atoms with Crippen molar-refractivity contribution in [2.75, 3.05) is 0 Å². The molecule has 2 rings (SSSR count). The van der Waals surface area contributed by atoms with Crippen LogP contribution in [0, 0.1) is 6.92 Å². The number of aromatic nitrogens is 2. The van der Waals surface area contributed by atoms with Gasteiger partial charge in [0.15, 0.2) is 0 Å². The zero-order valence-corrected chi connectivity index (χ0v) is 12.8. The first kappa shape index (κ1) is 14.1. The van der Waals surface area contributed by atoms with Gasteiger partial charge in [-0.15, -0.1) is 0 Å². The molecular formula is C14H18BrN3O. The molecule has 1 heterocycles. The molecule has 0 saturated heterocycles. The Balaban J connectivity index is 2.09. The van der Waals surface area contributed by atoms with Crippen LogP contribution < -0.4 is 10.5 Å². The van der Waals surface area contributed by atoms with Crippen molar-refractivity contribution >= 4 is 15.9 Å². The van der Waals surface area contributed by atoms with Crippen molar-refractivity contribution < 1.29 is 4.74 Å². The fourth-order valence-corrected chi connectivity index (χ4v) is 2.35. The van der Waals surface area contributed by atoms with Gasteiger partial charge in [-0.1, -0.05) is 15.9 Å². The Morgan fingerprint density at radius 1 is 1.37 bits per heavy atom. The molecule has 0 radical (unpaired) electrons. The molecule has 1 aromatic heterocycles. The maximum atomic E-state index is 5.81. The molecule has 0 aliphatic heterocycles. The Bertz CT molecular complexity index is 566. The molecule has 19 heavy (non-hydrogen) atoms. The third kappa shape index (κ3) is 3.36. The molecule has 2 aromatic rings. The van der Waals surface area contributed by atoms with Crippen LogP contribution in [0.25, 0.3) is 0 Å². The van der Waals surface area contributed by atoms with Gasteiger partial charge in [0.05, 0.1) is 11.4 Å². The number of rotatable bonds is 5. The molecule has 0 atom stereocenters. The summed E-state index contributed by atoms with van der Waals surface area (Å²) in [5.74, 6) is 0.824. The molecule has 0 fully saturated rings. The van der Waals surface area contributed by atoms with Crippen LogP contribution in [0.1, 0.15) is 23.9 Å². The summed E-state index contributed by atoms with van der Waals surface area (Å²) in [6.45, 7) is 5.91. The summed E-state index contributed by atoms with van der Waals surface area (Å²) in [6.07, 6.45) is 0. The van der Waals surface area contributed by atoms with Crippen molar-refractivity contribution in [2.24, 2.45) is 5.73 Å². The van der Waals surface area contributed by atoms with Gasteiger partial charge < -0.3 is 10.5 Å². The quantitative estimate of drug-likeness (QED) is 0.920. The van der Waals surface area contributed by atoms with E-state index >= 15 is 0 Å². The van der Waals surface area contributed by atoms with E-state index in [1.165, 1.54) is 0 Å². The predicted octanol–water partition coefficient (Wildman–Crippen LogP) is 3.01. The average Bonchev–Trinajstić information content (AvgIpc) is 2.78. The molecule has 5 heteroatoms. The maximum absolute atomic E-state index is 5.81. The molecule has 102 valence electrons. The van der Waals surface area contributed by atoms with Gasteiger partial charge in [-0.05, 0) is 43.7 Å². The van der Waals surface area contributed by atoms with E-state index in [1.54, 1.807) is 0 Å². The molecule has 0 saturated carbocycles. The van der Waals surface area contributed by atoms with Crippen molar-refractivity contribution in [3.63, 3.8) is 0 Å². The van der Waals surface area contributed by atoms with Crippen LogP contribution in [0.3, 0.4) is 0 Å². The SMILES string of the molecule is CCn1nc(C)cc1COc1ccc(Br)c(CN)c1. The van der Waals surface area contributed by atoms with E-state index in [0.717, 1.165) is 33.7 Å². The van der Waals surface area contributed by atoms with Gasteiger partial charge in [0.25, 0.3) is 0 Å². The van der Waals surface area contributed by atoms with Crippen LogP contribution in [0.5, 0.6) is 5.75 Å². The van der Waals surface area contributed by atoms with Crippen molar-refractivity contribution in [2.45, 2.75) is 33.5 Å². The summed E-state index contributed by atoms with van der Waals surface area (Å²) in [5, 5.41) is 4.40. The van der Waals surface area contributed by atoms with Crippen LogP contribution in [0.2, 0.25) is 0 Å². The van der Waals surface area contributed by atoms with Crippen molar-refractivity contribution in [1.29, 1.82) is 0 Å². The zero-order valence-electron chi connectivity index (χ0n) is 11.2. The smallest absolute Gasteiger partial charge is 0.130 e. The van der Waals surface area contributed by atoms with Gasteiger partial charge in [0, 0.05) is 17.6 Å². The Labute approximate surface area is 121 Å². The Kier molecular flexibility index (Phi) is 4.61. The minimum absolute atomic E-state index is 0.490. The van der Waals surface area contributed by atoms with Gasteiger partial charge in [-0.2, -0.15) is 5.10 Å². The first-order valence-electron chi connectivity index (χ1n) is 6.28. The fraction of sp³-hybridized carbons (Fsp3) is 0.357. The second-order valence-corrected chi connectivity index (χ2v) is 5.19. The Morgan fingerprint density at radius 3 is 2.84 bits per heavy atom. The summed E-state index contributed by atoms with van der Waals surface area (Å²) < 4.78 is 8.78. The molecule has 0 unspecified atom stereocenters. The molecule has 4 nitrogen and oxygen atoms in total. The van der Waals surface area contributed by atoms with Gasteiger partial charge in [-0.3, -0.25) is 4.68 Å². The molecule has 0 aliphatic carbocycles. The lowest BCUT2D eigenvalue weighted by Gasteiger charge is -2.09. The van der Waals surface area contributed by atoms with Gasteiger partial charge >= 0.3 is 0 Å². The second-order valence-electron chi connectivity index (χ2n) is 4.34. The molecule has 2 N–H and O–H groups in total. The first-order valence-corrected chi connectivity index (χ1v) is 7.08. The fourth-order valence-electron chi connectivity index (χ4n) is 1.94. The van der Waals surface area contributed by atoms with E-state index in [9.17, 15) is 0 Å². The molecular weight excluding hydrogens is 306 g/mol.